The van der Waals surface area contributed by atoms with E-state index in [1.807, 2.05) is 6.07 Å². The van der Waals surface area contributed by atoms with Crippen LogP contribution in [0.25, 0.3) is 0 Å². The van der Waals surface area contributed by atoms with Crippen LogP contribution in [0.5, 0.6) is 0 Å². The Hall–Kier alpha value is -1.82. The van der Waals surface area contributed by atoms with E-state index in [4.69, 9.17) is 10.00 Å². The number of unbranched alkanes of at least 4 members (excludes halogenated alkanes) is 4. The molecule has 0 aromatic heterocycles. The van der Waals surface area contributed by atoms with Gasteiger partial charge in [-0.2, -0.15) is 5.26 Å². The van der Waals surface area contributed by atoms with Gasteiger partial charge in [0.15, 0.2) is 0 Å². The van der Waals surface area contributed by atoms with Crippen LogP contribution in [0.1, 0.15) is 99.0 Å². The monoisotopic (exact) mass is 381 g/mol. The van der Waals surface area contributed by atoms with Gasteiger partial charge in [0.05, 0.1) is 11.6 Å². The summed E-state index contributed by atoms with van der Waals surface area (Å²) in [4.78, 5) is 12.6. The first kappa shape index (κ1) is 20.9. The number of rotatable bonds is 8. The summed E-state index contributed by atoms with van der Waals surface area (Å²) in [6, 6.07) is 8.50. The Kier molecular flexibility index (Phi) is 7.95. The molecule has 0 saturated heterocycles. The Morgan fingerprint density at radius 3 is 2.61 bits per heavy atom. The molecule has 2 aliphatic carbocycles. The molecule has 0 heterocycles. The van der Waals surface area contributed by atoms with Gasteiger partial charge >= 0.3 is 5.97 Å². The van der Waals surface area contributed by atoms with E-state index in [0.29, 0.717) is 5.56 Å². The molecule has 3 rings (SSSR count). The van der Waals surface area contributed by atoms with Gasteiger partial charge in [-0.05, 0) is 74.1 Å². The maximum Gasteiger partial charge on any atom is 0.338 e. The zero-order chi connectivity index (χ0) is 19.8. The van der Waals surface area contributed by atoms with E-state index >= 15 is 0 Å². The lowest BCUT2D eigenvalue weighted by molar-refractivity contribution is 0.0187. The van der Waals surface area contributed by atoms with Crippen molar-refractivity contribution in [2.45, 2.75) is 96.5 Å². The second kappa shape index (κ2) is 10.6. The van der Waals surface area contributed by atoms with Gasteiger partial charge in [0.1, 0.15) is 6.10 Å². The predicted octanol–water partition coefficient (Wildman–Crippen LogP) is 6.39. The van der Waals surface area contributed by atoms with Gasteiger partial charge in [0.25, 0.3) is 0 Å². The van der Waals surface area contributed by atoms with Crippen LogP contribution in [0.4, 0.5) is 0 Å². The Labute approximate surface area is 170 Å². The molecule has 152 valence electrons. The summed E-state index contributed by atoms with van der Waals surface area (Å²) >= 11 is 0. The van der Waals surface area contributed by atoms with Gasteiger partial charge in [0, 0.05) is 5.92 Å². The fourth-order valence-electron chi connectivity index (χ4n) is 4.77. The summed E-state index contributed by atoms with van der Waals surface area (Å²) in [7, 11) is 0. The van der Waals surface area contributed by atoms with Crippen molar-refractivity contribution in [1.82, 2.24) is 0 Å². The van der Waals surface area contributed by atoms with Crippen molar-refractivity contribution in [3.05, 3.63) is 34.9 Å². The smallest absolute Gasteiger partial charge is 0.338 e. The van der Waals surface area contributed by atoms with Crippen molar-refractivity contribution in [3.63, 3.8) is 0 Å². The number of fused-ring (bicyclic) bond motifs is 1. The molecule has 0 amide bonds. The number of carbonyl (C=O) groups is 1. The highest BCUT2D eigenvalue weighted by Gasteiger charge is 2.25. The summed E-state index contributed by atoms with van der Waals surface area (Å²) < 4.78 is 5.72. The highest BCUT2D eigenvalue weighted by Crippen LogP contribution is 2.31. The van der Waals surface area contributed by atoms with E-state index in [9.17, 15) is 4.79 Å². The first-order valence-corrected chi connectivity index (χ1v) is 11.4. The number of hydrogen-bond acceptors (Lipinski definition) is 3. The van der Waals surface area contributed by atoms with Crippen LogP contribution in [0.15, 0.2) is 18.2 Å². The third-order valence-electron chi connectivity index (χ3n) is 6.62. The minimum Gasteiger partial charge on any atom is -0.459 e. The zero-order valence-electron chi connectivity index (χ0n) is 17.4. The van der Waals surface area contributed by atoms with Crippen molar-refractivity contribution < 1.29 is 9.53 Å². The van der Waals surface area contributed by atoms with E-state index in [1.54, 1.807) is 0 Å². The van der Waals surface area contributed by atoms with Gasteiger partial charge in [-0.15, -0.1) is 0 Å². The van der Waals surface area contributed by atoms with Crippen molar-refractivity contribution in [1.29, 1.82) is 5.26 Å². The third kappa shape index (κ3) is 5.84. The second-order valence-corrected chi connectivity index (χ2v) is 8.80. The van der Waals surface area contributed by atoms with E-state index in [1.165, 1.54) is 56.1 Å². The Morgan fingerprint density at radius 2 is 1.86 bits per heavy atom. The third-order valence-corrected chi connectivity index (χ3v) is 6.62. The van der Waals surface area contributed by atoms with Crippen LogP contribution in [0, 0.1) is 23.2 Å². The Morgan fingerprint density at radius 1 is 1.07 bits per heavy atom. The maximum atomic E-state index is 12.6. The largest absolute Gasteiger partial charge is 0.459 e. The van der Waals surface area contributed by atoms with Crippen molar-refractivity contribution >= 4 is 5.97 Å². The molecule has 1 saturated carbocycles. The number of esters is 1. The van der Waals surface area contributed by atoms with E-state index < -0.39 is 0 Å². The fraction of sp³-hybridized carbons (Fsp3) is 0.680. The molecule has 28 heavy (non-hydrogen) atoms. The average molecular weight is 382 g/mol. The molecule has 0 aliphatic heterocycles. The number of aryl methyl sites for hydroxylation is 1. The molecule has 3 nitrogen and oxygen atoms in total. The zero-order valence-corrected chi connectivity index (χ0v) is 17.4. The molecule has 1 aromatic carbocycles. The number of carbonyl (C=O) groups excluding carboxylic acids is 1. The molecule has 1 fully saturated rings. The number of nitriles is 1. The summed E-state index contributed by atoms with van der Waals surface area (Å²) in [6.45, 7) is 2.27. The Balaban J connectivity index is 1.48. The number of hydrogen-bond donors (Lipinski definition) is 0. The van der Waals surface area contributed by atoms with E-state index in [-0.39, 0.29) is 18.0 Å². The Bertz CT molecular complexity index is 682. The molecule has 1 unspecified atom stereocenters. The molecule has 0 bridgehead atoms. The maximum absolute atomic E-state index is 12.6. The average Bonchev–Trinajstić information content (AvgIpc) is 2.73. The highest BCUT2D eigenvalue weighted by molar-refractivity contribution is 5.89. The first-order valence-electron chi connectivity index (χ1n) is 11.4. The topological polar surface area (TPSA) is 50.1 Å². The molecule has 2 aliphatic rings. The van der Waals surface area contributed by atoms with Gasteiger partial charge in [-0.1, -0.05) is 51.5 Å². The van der Waals surface area contributed by atoms with Crippen molar-refractivity contribution in [2.24, 2.45) is 11.8 Å². The van der Waals surface area contributed by atoms with Crippen LogP contribution in [-0.2, 0) is 17.6 Å². The molecular formula is C25H35NO2. The first-order chi connectivity index (χ1) is 13.7. The van der Waals surface area contributed by atoms with Gasteiger partial charge in [-0.25, -0.2) is 4.79 Å². The van der Waals surface area contributed by atoms with Gasteiger partial charge < -0.3 is 4.74 Å². The molecular weight excluding hydrogens is 346 g/mol. The van der Waals surface area contributed by atoms with Crippen LogP contribution >= 0.6 is 0 Å². The van der Waals surface area contributed by atoms with E-state index in [2.05, 4.69) is 25.1 Å². The summed E-state index contributed by atoms with van der Waals surface area (Å²) in [5.74, 6) is 0.752. The minimum atomic E-state index is -0.193. The predicted molar refractivity (Wildman–Crippen MR) is 112 cm³/mol. The quantitative estimate of drug-likeness (QED) is 0.387. The van der Waals surface area contributed by atoms with Crippen LogP contribution in [0.2, 0.25) is 0 Å². The second-order valence-electron chi connectivity index (χ2n) is 8.80. The summed E-state index contributed by atoms with van der Waals surface area (Å²) in [6.07, 6.45) is 14.9. The standard InChI is InChI=1S/C25H35NO2/c1-2-3-4-5-6-7-19-8-11-22-17-23(13-12-21(22)16-19)25(27)28-24-14-9-20(18-26)10-15-24/h12-13,17,19-20,24H,2-11,14-16H2,1H3. The number of ether oxygens (including phenoxy) is 1. The van der Waals surface area contributed by atoms with Crippen LogP contribution < -0.4 is 0 Å². The highest BCUT2D eigenvalue weighted by atomic mass is 16.5. The van der Waals surface area contributed by atoms with Crippen LogP contribution in [0.3, 0.4) is 0 Å². The molecule has 1 aromatic rings. The van der Waals surface area contributed by atoms with Gasteiger partial charge in [0.2, 0.25) is 0 Å². The number of benzene rings is 1. The summed E-state index contributed by atoms with van der Waals surface area (Å²) in [5, 5.41) is 8.99. The lowest BCUT2D eigenvalue weighted by Crippen LogP contribution is -2.24. The van der Waals surface area contributed by atoms with Gasteiger partial charge in [-0.3, -0.25) is 0 Å². The lowest BCUT2D eigenvalue weighted by Gasteiger charge is -2.26. The molecule has 0 radical (unpaired) electrons. The molecule has 0 spiro atoms. The molecule has 3 heteroatoms. The normalized spacial score (nSPS) is 24.2. The fourth-order valence-corrected chi connectivity index (χ4v) is 4.77. The SMILES string of the molecule is CCCCCCCC1CCc2cc(C(=O)OC3CCC(C#N)CC3)ccc2C1. The van der Waals surface area contributed by atoms with Crippen molar-refractivity contribution in [2.75, 3.05) is 0 Å². The molecule has 1 atom stereocenters. The molecule has 0 N–H and O–H groups in total. The minimum absolute atomic E-state index is 0.0229. The van der Waals surface area contributed by atoms with Crippen LogP contribution in [-0.4, -0.2) is 12.1 Å². The van der Waals surface area contributed by atoms with Crippen molar-refractivity contribution in [3.8, 4) is 6.07 Å². The lowest BCUT2D eigenvalue weighted by atomic mass is 9.81. The summed E-state index contributed by atoms with van der Waals surface area (Å²) in [5.41, 5.74) is 3.46. The number of nitrogens with zero attached hydrogens (tertiary/aromatic N) is 1. The van der Waals surface area contributed by atoms with E-state index in [0.717, 1.165) is 44.4 Å².